The fraction of sp³-hybridized carbons (Fsp3) is 0.750. The number of imidazole rings is 1. The quantitative estimate of drug-likeness (QED) is 0.757. The Morgan fingerprint density at radius 3 is 2.73 bits per heavy atom. The van der Waals surface area contributed by atoms with Crippen molar-refractivity contribution in [2.24, 2.45) is 5.41 Å². The average Bonchev–Trinajstić information content (AvgIpc) is 2.89. The van der Waals surface area contributed by atoms with Gasteiger partial charge in [-0.2, -0.15) is 0 Å². The highest BCUT2D eigenvalue weighted by atomic mass is 32.1. The SMILES string of the molecule is CCCC1(Cn2c(CC)c[nH]c2=S)CC1. The molecule has 1 saturated carbocycles. The Bertz CT molecular complexity index is 385. The molecule has 1 aromatic rings. The van der Waals surface area contributed by atoms with E-state index in [2.05, 4.69) is 29.6 Å². The van der Waals surface area contributed by atoms with E-state index < -0.39 is 0 Å². The molecule has 1 aliphatic carbocycles. The molecule has 0 amide bonds. The average molecular weight is 224 g/mol. The Kier molecular flexibility index (Phi) is 3.01. The van der Waals surface area contributed by atoms with Crippen molar-refractivity contribution in [3.8, 4) is 0 Å². The molecule has 0 radical (unpaired) electrons. The molecule has 0 aliphatic heterocycles. The van der Waals surface area contributed by atoms with E-state index in [1.165, 1.54) is 31.4 Å². The van der Waals surface area contributed by atoms with Crippen molar-refractivity contribution in [2.75, 3.05) is 0 Å². The van der Waals surface area contributed by atoms with Crippen LogP contribution in [0.2, 0.25) is 0 Å². The van der Waals surface area contributed by atoms with Crippen LogP contribution in [0.15, 0.2) is 6.20 Å². The van der Waals surface area contributed by atoms with Crippen molar-refractivity contribution in [1.29, 1.82) is 0 Å². The summed E-state index contributed by atoms with van der Waals surface area (Å²) in [7, 11) is 0. The van der Waals surface area contributed by atoms with Crippen LogP contribution < -0.4 is 0 Å². The first-order valence-electron chi connectivity index (χ1n) is 5.98. The molecule has 1 N–H and O–H groups in total. The summed E-state index contributed by atoms with van der Waals surface area (Å²) in [6.45, 7) is 5.59. The fourth-order valence-electron chi connectivity index (χ4n) is 2.43. The monoisotopic (exact) mass is 224 g/mol. The highest BCUT2D eigenvalue weighted by Gasteiger charge is 2.42. The van der Waals surface area contributed by atoms with Crippen LogP contribution in [0.4, 0.5) is 0 Å². The van der Waals surface area contributed by atoms with Gasteiger partial charge in [0.25, 0.3) is 0 Å². The largest absolute Gasteiger partial charge is 0.337 e. The van der Waals surface area contributed by atoms with Crippen molar-refractivity contribution >= 4 is 12.2 Å². The molecule has 2 nitrogen and oxygen atoms in total. The van der Waals surface area contributed by atoms with E-state index in [1.807, 2.05) is 0 Å². The lowest BCUT2D eigenvalue weighted by molar-refractivity contribution is 0.380. The molecule has 1 heterocycles. The zero-order chi connectivity index (χ0) is 10.9. The van der Waals surface area contributed by atoms with Crippen molar-refractivity contribution in [1.82, 2.24) is 9.55 Å². The van der Waals surface area contributed by atoms with Gasteiger partial charge in [-0.05, 0) is 43.3 Å². The Hall–Kier alpha value is -0.570. The van der Waals surface area contributed by atoms with Crippen LogP contribution in [-0.2, 0) is 13.0 Å². The van der Waals surface area contributed by atoms with Gasteiger partial charge >= 0.3 is 0 Å². The minimum Gasteiger partial charge on any atom is -0.337 e. The summed E-state index contributed by atoms with van der Waals surface area (Å²) in [6.07, 6.45) is 8.54. The number of H-pyrrole nitrogens is 1. The van der Waals surface area contributed by atoms with E-state index in [-0.39, 0.29) is 0 Å². The van der Waals surface area contributed by atoms with E-state index in [0.29, 0.717) is 5.41 Å². The van der Waals surface area contributed by atoms with Gasteiger partial charge in [-0.15, -0.1) is 0 Å². The number of aromatic nitrogens is 2. The van der Waals surface area contributed by atoms with Gasteiger partial charge in [0.1, 0.15) is 0 Å². The third kappa shape index (κ3) is 2.17. The molecule has 0 unspecified atom stereocenters. The van der Waals surface area contributed by atoms with Gasteiger partial charge < -0.3 is 9.55 Å². The molecule has 0 bridgehead atoms. The van der Waals surface area contributed by atoms with Crippen molar-refractivity contribution in [3.05, 3.63) is 16.7 Å². The highest BCUT2D eigenvalue weighted by molar-refractivity contribution is 7.71. The third-order valence-electron chi connectivity index (χ3n) is 3.55. The zero-order valence-electron chi connectivity index (χ0n) is 9.68. The van der Waals surface area contributed by atoms with Crippen LogP contribution >= 0.6 is 12.2 Å². The standard InChI is InChI=1S/C12H20N2S/c1-3-5-12(6-7-12)9-14-10(4-2)8-13-11(14)15/h8H,3-7,9H2,1-2H3,(H,13,15). The molecule has 0 saturated heterocycles. The lowest BCUT2D eigenvalue weighted by Crippen LogP contribution is -2.13. The second-order valence-corrected chi connectivity index (χ2v) is 5.16. The number of nitrogens with zero attached hydrogens (tertiary/aromatic N) is 1. The summed E-state index contributed by atoms with van der Waals surface area (Å²) in [5, 5.41) is 0. The van der Waals surface area contributed by atoms with Crippen molar-refractivity contribution < 1.29 is 0 Å². The fourth-order valence-corrected chi connectivity index (χ4v) is 2.67. The summed E-state index contributed by atoms with van der Waals surface area (Å²) in [5.41, 5.74) is 1.93. The molecular weight excluding hydrogens is 204 g/mol. The highest BCUT2D eigenvalue weighted by Crippen LogP contribution is 2.51. The first-order valence-corrected chi connectivity index (χ1v) is 6.39. The Labute approximate surface area is 96.7 Å². The van der Waals surface area contributed by atoms with Gasteiger partial charge in [0.2, 0.25) is 0 Å². The topological polar surface area (TPSA) is 20.7 Å². The second kappa shape index (κ2) is 4.12. The maximum absolute atomic E-state index is 5.33. The van der Waals surface area contributed by atoms with Gasteiger partial charge in [0.05, 0.1) is 0 Å². The number of hydrogen-bond acceptors (Lipinski definition) is 1. The van der Waals surface area contributed by atoms with Crippen molar-refractivity contribution in [2.45, 2.75) is 52.5 Å². The zero-order valence-corrected chi connectivity index (χ0v) is 10.5. The molecule has 3 heteroatoms. The van der Waals surface area contributed by atoms with Gasteiger partial charge in [-0.3, -0.25) is 0 Å². The van der Waals surface area contributed by atoms with Crippen LogP contribution in [0.3, 0.4) is 0 Å². The third-order valence-corrected chi connectivity index (χ3v) is 3.89. The van der Waals surface area contributed by atoms with Crippen LogP contribution in [-0.4, -0.2) is 9.55 Å². The summed E-state index contributed by atoms with van der Waals surface area (Å²) < 4.78 is 3.20. The molecule has 0 aromatic carbocycles. The maximum atomic E-state index is 5.33. The normalized spacial score (nSPS) is 18.0. The lowest BCUT2D eigenvalue weighted by atomic mass is 10.0. The van der Waals surface area contributed by atoms with Gasteiger partial charge in [0.15, 0.2) is 4.77 Å². The van der Waals surface area contributed by atoms with E-state index in [0.717, 1.165) is 17.7 Å². The summed E-state index contributed by atoms with van der Waals surface area (Å²) >= 11 is 5.33. The predicted octanol–water partition coefficient (Wildman–Crippen LogP) is 3.69. The predicted molar refractivity (Wildman–Crippen MR) is 65.6 cm³/mol. The number of aryl methyl sites for hydroxylation is 1. The summed E-state index contributed by atoms with van der Waals surface area (Å²) in [4.78, 5) is 3.16. The van der Waals surface area contributed by atoms with Gasteiger partial charge in [0, 0.05) is 18.4 Å². The first kappa shape index (κ1) is 10.9. The Morgan fingerprint density at radius 1 is 1.47 bits per heavy atom. The number of nitrogens with one attached hydrogen (secondary N) is 1. The Morgan fingerprint density at radius 2 is 2.20 bits per heavy atom. The van der Waals surface area contributed by atoms with Crippen LogP contribution in [0.25, 0.3) is 0 Å². The van der Waals surface area contributed by atoms with E-state index >= 15 is 0 Å². The molecule has 0 atom stereocenters. The summed E-state index contributed by atoms with van der Waals surface area (Å²) in [5.74, 6) is 0. The molecule has 1 aromatic heterocycles. The lowest BCUT2D eigenvalue weighted by Gasteiger charge is -2.16. The second-order valence-electron chi connectivity index (χ2n) is 4.77. The molecule has 15 heavy (non-hydrogen) atoms. The smallest absolute Gasteiger partial charge is 0.177 e. The van der Waals surface area contributed by atoms with Crippen LogP contribution in [0.5, 0.6) is 0 Å². The molecule has 1 aliphatic rings. The summed E-state index contributed by atoms with van der Waals surface area (Å²) in [6, 6.07) is 0. The molecule has 0 spiro atoms. The van der Waals surface area contributed by atoms with Crippen molar-refractivity contribution in [3.63, 3.8) is 0 Å². The molecular formula is C12H20N2S. The molecule has 2 rings (SSSR count). The molecule has 84 valence electrons. The minimum absolute atomic E-state index is 0.582. The minimum atomic E-state index is 0.582. The van der Waals surface area contributed by atoms with Crippen LogP contribution in [0, 0.1) is 10.2 Å². The molecule has 1 fully saturated rings. The van der Waals surface area contributed by atoms with E-state index in [9.17, 15) is 0 Å². The van der Waals surface area contributed by atoms with Gasteiger partial charge in [-0.25, -0.2) is 0 Å². The maximum Gasteiger partial charge on any atom is 0.177 e. The number of rotatable bonds is 5. The Balaban J connectivity index is 2.16. The number of hydrogen-bond donors (Lipinski definition) is 1. The number of aromatic amines is 1. The van der Waals surface area contributed by atoms with Crippen LogP contribution in [0.1, 0.15) is 45.2 Å². The van der Waals surface area contributed by atoms with E-state index in [4.69, 9.17) is 12.2 Å². The van der Waals surface area contributed by atoms with E-state index in [1.54, 1.807) is 0 Å². The first-order chi connectivity index (χ1) is 7.21. The van der Waals surface area contributed by atoms with Gasteiger partial charge in [-0.1, -0.05) is 20.3 Å².